The first-order valence-electron chi connectivity index (χ1n) is 7.48. The minimum atomic E-state index is 0.362. The van der Waals surface area contributed by atoms with E-state index in [1.54, 1.807) is 0 Å². The van der Waals surface area contributed by atoms with Crippen molar-refractivity contribution in [3.8, 4) is 0 Å². The van der Waals surface area contributed by atoms with Gasteiger partial charge in [-0.05, 0) is 25.8 Å². The first kappa shape index (κ1) is 14.5. The highest BCUT2D eigenvalue weighted by molar-refractivity contribution is 5.01. The summed E-state index contributed by atoms with van der Waals surface area (Å²) in [5.74, 6) is 1.81. The number of nitrogens with zero attached hydrogens (tertiary/aromatic N) is 2. The SMILES string of the molecule is CCCOCc1noc(C2CCCCC2NCC)n1. The maximum Gasteiger partial charge on any atom is 0.231 e. The molecule has 1 heterocycles. The van der Waals surface area contributed by atoms with Gasteiger partial charge in [-0.15, -0.1) is 0 Å². The quantitative estimate of drug-likeness (QED) is 0.770. The van der Waals surface area contributed by atoms with Crippen LogP contribution in [-0.4, -0.2) is 29.3 Å². The van der Waals surface area contributed by atoms with Gasteiger partial charge in [-0.1, -0.05) is 31.8 Å². The third-order valence-electron chi connectivity index (χ3n) is 3.61. The van der Waals surface area contributed by atoms with Crippen LogP contribution in [0.4, 0.5) is 0 Å². The van der Waals surface area contributed by atoms with Crippen molar-refractivity contribution in [1.29, 1.82) is 0 Å². The van der Waals surface area contributed by atoms with Gasteiger partial charge in [-0.25, -0.2) is 0 Å². The lowest BCUT2D eigenvalue weighted by Crippen LogP contribution is -2.37. The van der Waals surface area contributed by atoms with Crippen molar-refractivity contribution in [2.45, 2.75) is 64.5 Å². The summed E-state index contributed by atoms with van der Waals surface area (Å²) in [6.45, 7) is 6.42. The highest BCUT2D eigenvalue weighted by atomic mass is 16.5. The summed E-state index contributed by atoms with van der Waals surface area (Å²) in [5, 5.41) is 7.55. The van der Waals surface area contributed by atoms with Crippen LogP contribution in [0.15, 0.2) is 4.52 Å². The Morgan fingerprint density at radius 3 is 2.95 bits per heavy atom. The van der Waals surface area contributed by atoms with Crippen molar-refractivity contribution in [3.05, 3.63) is 11.7 Å². The normalized spacial score (nSPS) is 23.7. The summed E-state index contributed by atoms with van der Waals surface area (Å²) in [6.07, 6.45) is 5.87. The zero-order valence-electron chi connectivity index (χ0n) is 12.0. The van der Waals surface area contributed by atoms with Crippen LogP contribution in [-0.2, 0) is 11.3 Å². The third kappa shape index (κ3) is 4.01. The van der Waals surface area contributed by atoms with Crippen LogP contribution in [0.1, 0.15) is 63.6 Å². The molecule has 1 fully saturated rings. The Morgan fingerprint density at radius 1 is 1.32 bits per heavy atom. The number of hydrogen-bond donors (Lipinski definition) is 1. The van der Waals surface area contributed by atoms with Crippen molar-refractivity contribution < 1.29 is 9.26 Å². The Hall–Kier alpha value is -0.940. The predicted molar refractivity (Wildman–Crippen MR) is 72.9 cm³/mol. The largest absolute Gasteiger partial charge is 0.373 e. The molecule has 0 radical (unpaired) electrons. The molecule has 1 aliphatic carbocycles. The molecular weight excluding hydrogens is 242 g/mol. The maximum atomic E-state index is 5.44. The molecule has 0 amide bonds. The van der Waals surface area contributed by atoms with E-state index in [1.165, 1.54) is 19.3 Å². The van der Waals surface area contributed by atoms with Gasteiger partial charge in [0.05, 0.1) is 5.92 Å². The first-order chi connectivity index (χ1) is 9.35. The summed E-state index contributed by atoms with van der Waals surface area (Å²) < 4.78 is 10.9. The molecule has 0 aliphatic heterocycles. The second kappa shape index (κ2) is 7.60. The molecule has 1 aliphatic rings. The molecule has 108 valence electrons. The van der Waals surface area contributed by atoms with Crippen LogP contribution < -0.4 is 5.32 Å². The van der Waals surface area contributed by atoms with Crippen LogP contribution >= 0.6 is 0 Å². The monoisotopic (exact) mass is 267 g/mol. The summed E-state index contributed by atoms with van der Waals surface area (Å²) in [7, 11) is 0. The molecule has 2 rings (SSSR count). The standard InChI is InChI=1S/C14H25N3O2/c1-3-9-18-10-13-16-14(19-17-13)11-7-5-6-8-12(11)15-4-2/h11-12,15H,3-10H2,1-2H3. The number of hydrogen-bond acceptors (Lipinski definition) is 5. The van der Waals surface area contributed by atoms with Crippen molar-refractivity contribution in [3.63, 3.8) is 0 Å². The molecule has 1 aromatic heterocycles. The van der Waals surface area contributed by atoms with Gasteiger partial charge in [0.1, 0.15) is 6.61 Å². The fraction of sp³-hybridized carbons (Fsp3) is 0.857. The zero-order valence-corrected chi connectivity index (χ0v) is 12.0. The number of ether oxygens (including phenoxy) is 1. The molecule has 0 spiro atoms. The van der Waals surface area contributed by atoms with Crippen LogP contribution in [0.2, 0.25) is 0 Å². The molecule has 0 aromatic carbocycles. The van der Waals surface area contributed by atoms with E-state index >= 15 is 0 Å². The maximum absolute atomic E-state index is 5.44. The average Bonchev–Trinajstić information content (AvgIpc) is 2.89. The van der Waals surface area contributed by atoms with Gasteiger partial charge in [0.2, 0.25) is 5.89 Å². The van der Waals surface area contributed by atoms with Gasteiger partial charge in [0.25, 0.3) is 0 Å². The summed E-state index contributed by atoms with van der Waals surface area (Å²) in [6, 6.07) is 0.476. The van der Waals surface area contributed by atoms with E-state index < -0.39 is 0 Å². The van der Waals surface area contributed by atoms with E-state index in [4.69, 9.17) is 9.26 Å². The minimum absolute atomic E-state index is 0.362. The smallest absolute Gasteiger partial charge is 0.231 e. The Labute approximate surface area is 115 Å². The molecule has 0 saturated heterocycles. The van der Waals surface area contributed by atoms with E-state index in [-0.39, 0.29) is 0 Å². The fourth-order valence-electron chi connectivity index (χ4n) is 2.72. The van der Waals surface area contributed by atoms with Gasteiger partial charge in [-0.3, -0.25) is 0 Å². The Kier molecular flexibility index (Phi) is 5.79. The first-order valence-corrected chi connectivity index (χ1v) is 7.48. The highest BCUT2D eigenvalue weighted by Crippen LogP contribution is 2.32. The molecule has 0 bridgehead atoms. The summed E-state index contributed by atoms with van der Waals surface area (Å²) >= 11 is 0. The fourth-order valence-corrected chi connectivity index (χ4v) is 2.72. The van der Waals surface area contributed by atoms with Gasteiger partial charge >= 0.3 is 0 Å². The lowest BCUT2D eigenvalue weighted by molar-refractivity contribution is 0.114. The molecule has 2 unspecified atom stereocenters. The van der Waals surface area contributed by atoms with Crippen molar-refractivity contribution in [1.82, 2.24) is 15.5 Å². The molecule has 1 saturated carbocycles. The van der Waals surface area contributed by atoms with Crippen molar-refractivity contribution >= 4 is 0 Å². The van der Waals surface area contributed by atoms with Gasteiger partial charge in [-0.2, -0.15) is 4.98 Å². The van der Waals surface area contributed by atoms with Crippen LogP contribution in [0, 0.1) is 0 Å². The molecule has 19 heavy (non-hydrogen) atoms. The Balaban J connectivity index is 1.95. The minimum Gasteiger partial charge on any atom is -0.373 e. The second-order valence-corrected chi connectivity index (χ2v) is 5.16. The number of aromatic nitrogens is 2. The summed E-state index contributed by atoms with van der Waals surface area (Å²) in [5.41, 5.74) is 0. The Morgan fingerprint density at radius 2 is 2.16 bits per heavy atom. The van der Waals surface area contributed by atoms with Gasteiger partial charge in [0, 0.05) is 12.6 Å². The molecule has 2 atom stereocenters. The molecule has 1 aromatic rings. The molecular formula is C14H25N3O2. The number of rotatable bonds is 7. The van der Waals surface area contributed by atoms with Gasteiger partial charge in [0.15, 0.2) is 5.82 Å². The topological polar surface area (TPSA) is 60.2 Å². The van der Waals surface area contributed by atoms with Crippen molar-refractivity contribution in [2.75, 3.05) is 13.2 Å². The van der Waals surface area contributed by atoms with E-state index in [2.05, 4.69) is 29.3 Å². The van der Waals surface area contributed by atoms with E-state index in [9.17, 15) is 0 Å². The number of nitrogens with one attached hydrogen (secondary N) is 1. The molecule has 1 N–H and O–H groups in total. The average molecular weight is 267 g/mol. The third-order valence-corrected chi connectivity index (χ3v) is 3.61. The van der Waals surface area contributed by atoms with Crippen LogP contribution in [0.25, 0.3) is 0 Å². The molecule has 5 nitrogen and oxygen atoms in total. The molecule has 5 heteroatoms. The Bertz CT molecular complexity index is 365. The van der Waals surface area contributed by atoms with E-state index in [1.807, 2.05) is 0 Å². The second-order valence-electron chi connectivity index (χ2n) is 5.16. The number of likely N-dealkylation sites (N-methyl/N-ethyl adjacent to an activating group) is 1. The van der Waals surface area contributed by atoms with E-state index in [0.29, 0.717) is 24.4 Å². The van der Waals surface area contributed by atoms with E-state index in [0.717, 1.165) is 31.9 Å². The predicted octanol–water partition coefficient (Wildman–Crippen LogP) is 2.63. The van der Waals surface area contributed by atoms with Crippen molar-refractivity contribution in [2.24, 2.45) is 0 Å². The lowest BCUT2D eigenvalue weighted by Gasteiger charge is -2.29. The van der Waals surface area contributed by atoms with Crippen LogP contribution in [0.3, 0.4) is 0 Å². The highest BCUT2D eigenvalue weighted by Gasteiger charge is 2.30. The lowest BCUT2D eigenvalue weighted by atomic mass is 9.84. The zero-order chi connectivity index (χ0) is 13.5. The summed E-state index contributed by atoms with van der Waals surface area (Å²) in [4.78, 5) is 4.50. The van der Waals surface area contributed by atoms with Crippen LogP contribution in [0.5, 0.6) is 0 Å². The van der Waals surface area contributed by atoms with Gasteiger partial charge < -0.3 is 14.6 Å².